The van der Waals surface area contributed by atoms with Crippen LogP contribution in [0.4, 0.5) is 10.1 Å². The highest BCUT2D eigenvalue weighted by Crippen LogP contribution is 2.18. The molecule has 2 aromatic rings. The topological polar surface area (TPSA) is 12.0 Å². The van der Waals surface area contributed by atoms with E-state index in [0.29, 0.717) is 6.54 Å². The van der Waals surface area contributed by atoms with Crippen LogP contribution in [-0.2, 0) is 6.54 Å². The molecule has 0 bridgehead atoms. The molecule has 2 aromatic carbocycles. The molecule has 0 amide bonds. The first-order valence-corrected chi connectivity index (χ1v) is 5.71. The zero-order valence-electron chi connectivity index (χ0n) is 10.1. The number of halogens is 1. The van der Waals surface area contributed by atoms with Crippen LogP contribution in [0.3, 0.4) is 0 Å². The molecule has 2 rings (SSSR count). The van der Waals surface area contributed by atoms with Crippen molar-refractivity contribution >= 4 is 5.69 Å². The van der Waals surface area contributed by atoms with E-state index in [1.165, 1.54) is 17.2 Å². The van der Waals surface area contributed by atoms with Crippen molar-refractivity contribution in [1.82, 2.24) is 0 Å². The molecule has 0 aromatic heterocycles. The van der Waals surface area contributed by atoms with Crippen LogP contribution in [0, 0.1) is 19.7 Å². The van der Waals surface area contributed by atoms with Gasteiger partial charge < -0.3 is 5.32 Å². The van der Waals surface area contributed by atoms with Crippen LogP contribution in [0.2, 0.25) is 0 Å². The molecule has 17 heavy (non-hydrogen) atoms. The summed E-state index contributed by atoms with van der Waals surface area (Å²) < 4.78 is 13.0. The summed E-state index contributed by atoms with van der Waals surface area (Å²) >= 11 is 0. The fourth-order valence-electron chi connectivity index (χ4n) is 1.79. The molecule has 0 saturated carbocycles. The molecule has 0 aliphatic carbocycles. The normalized spacial score (nSPS) is 10.3. The van der Waals surface area contributed by atoms with Crippen molar-refractivity contribution in [2.45, 2.75) is 20.4 Å². The second-order valence-corrected chi connectivity index (χ2v) is 4.23. The molecule has 0 heterocycles. The molecule has 1 N–H and O–H groups in total. The Kier molecular flexibility index (Phi) is 3.43. The number of rotatable bonds is 3. The minimum atomic E-state index is -0.190. The quantitative estimate of drug-likeness (QED) is 0.837. The number of anilines is 1. The van der Waals surface area contributed by atoms with E-state index in [1.807, 2.05) is 18.2 Å². The van der Waals surface area contributed by atoms with E-state index >= 15 is 0 Å². The van der Waals surface area contributed by atoms with E-state index in [-0.39, 0.29) is 5.82 Å². The number of nitrogens with one attached hydrogen (secondary N) is 1. The lowest BCUT2D eigenvalue weighted by Gasteiger charge is -2.11. The van der Waals surface area contributed by atoms with Crippen molar-refractivity contribution in [1.29, 1.82) is 0 Å². The zero-order valence-corrected chi connectivity index (χ0v) is 10.1. The van der Waals surface area contributed by atoms with Gasteiger partial charge in [0.05, 0.1) is 0 Å². The van der Waals surface area contributed by atoms with Crippen LogP contribution in [0.5, 0.6) is 0 Å². The minimum absolute atomic E-state index is 0.190. The summed E-state index contributed by atoms with van der Waals surface area (Å²) in [7, 11) is 0. The fourth-order valence-corrected chi connectivity index (χ4v) is 1.79. The molecule has 0 aliphatic rings. The highest BCUT2D eigenvalue weighted by atomic mass is 19.1. The lowest BCUT2D eigenvalue weighted by molar-refractivity contribution is 0.626. The maximum Gasteiger partial charge on any atom is 0.123 e. The third kappa shape index (κ3) is 2.84. The van der Waals surface area contributed by atoms with Gasteiger partial charge in [-0.1, -0.05) is 24.3 Å². The van der Waals surface area contributed by atoms with Gasteiger partial charge >= 0.3 is 0 Å². The van der Waals surface area contributed by atoms with Crippen LogP contribution in [0.15, 0.2) is 42.5 Å². The predicted octanol–water partition coefficient (Wildman–Crippen LogP) is 4.05. The van der Waals surface area contributed by atoms with Crippen molar-refractivity contribution < 1.29 is 4.39 Å². The zero-order chi connectivity index (χ0) is 12.3. The predicted molar refractivity (Wildman–Crippen MR) is 69.6 cm³/mol. The molecule has 0 spiro atoms. The van der Waals surface area contributed by atoms with Gasteiger partial charge in [-0.2, -0.15) is 0 Å². The number of benzene rings is 2. The second-order valence-electron chi connectivity index (χ2n) is 4.23. The summed E-state index contributed by atoms with van der Waals surface area (Å²) in [4.78, 5) is 0. The Bertz CT molecular complexity index is 520. The van der Waals surface area contributed by atoms with E-state index < -0.39 is 0 Å². The summed E-state index contributed by atoms with van der Waals surface area (Å²) in [6.45, 7) is 4.81. The molecule has 0 saturated heterocycles. The van der Waals surface area contributed by atoms with E-state index in [2.05, 4.69) is 25.2 Å². The summed E-state index contributed by atoms with van der Waals surface area (Å²) in [6, 6.07) is 12.8. The van der Waals surface area contributed by atoms with Crippen LogP contribution in [0.25, 0.3) is 0 Å². The van der Waals surface area contributed by atoms with E-state index in [4.69, 9.17) is 0 Å². The molecule has 2 heteroatoms. The summed E-state index contributed by atoms with van der Waals surface area (Å²) in [5, 5.41) is 3.33. The van der Waals surface area contributed by atoms with Crippen molar-refractivity contribution in [3.8, 4) is 0 Å². The first kappa shape index (κ1) is 11.6. The Hall–Kier alpha value is -1.83. The Labute approximate surface area is 101 Å². The molecule has 0 atom stereocenters. The summed E-state index contributed by atoms with van der Waals surface area (Å²) in [5.74, 6) is -0.190. The third-order valence-corrected chi connectivity index (χ3v) is 2.98. The molecular formula is C15H16FN. The Morgan fingerprint density at radius 1 is 1.06 bits per heavy atom. The molecule has 0 unspecified atom stereocenters. The monoisotopic (exact) mass is 229 g/mol. The smallest absolute Gasteiger partial charge is 0.123 e. The third-order valence-electron chi connectivity index (χ3n) is 2.98. The first-order valence-electron chi connectivity index (χ1n) is 5.71. The highest BCUT2D eigenvalue weighted by molar-refractivity contribution is 5.53. The highest BCUT2D eigenvalue weighted by Gasteiger charge is 2.00. The van der Waals surface area contributed by atoms with E-state index in [0.717, 1.165) is 11.3 Å². The van der Waals surface area contributed by atoms with Gasteiger partial charge in [0.25, 0.3) is 0 Å². The van der Waals surface area contributed by atoms with Crippen LogP contribution in [-0.4, -0.2) is 0 Å². The standard InChI is InChI=1S/C15H16FN/c1-11-5-3-8-15(12(11)2)17-10-13-6-4-7-14(16)9-13/h3-9,17H,10H2,1-2H3. The Balaban J connectivity index is 2.10. The molecule has 88 valence electrons. The van der Waals surface area contributed by atoms with E-state index in [9.17, 15) is 4.39 Å². The second kappa shape index (κ2) is 5.00. The van der Waals surface area contributed by atoms with E-state index in [1.54, 1.807) is 12.1 Å². The molecule has 0 aliphatic heterocycles. The lowest BCUT2D eigenvalue weighted by atomic mass is 10.1. The van der Waals surface area contributed by atoms with Crippen LogP contribution < -0.4 is 5.32 Å². The molecule has 0 fully saturated rings. The van der Waals surface area contributed by atoms with Gasteiger partial charge in [0.1, 0.15) is 5.82 Å². The largest absolute Gasteiger partial charge is 0.381 e. The molecule has 0 radical (unpaired) electrons. The first-order chi connectivity index (χ1) is 8.16. The van der Waals surface area contributed by atoms with Gasteiger partial charge in [-0.05, 0) is 48.7 Å². The summed E-state index contributed by atoms with van der Waals surface area (Å²) in [6.07, 6.45) is 0. The van der Waals surface area contributed by atoms with Crippen LogP contribution >= 0.6 is 0 Å². The van der Waals surface area contributed by atoms with Gasteiger partial charge in [0.2, 0.25) is 0 Å². The van der Waals surface area contributed by atoms with Gasteiger partial charge in [-0.15, -0.1) is 0 Å². The number of hydrogen-bond acceptors (Lipinski definition) is 1. The minimum Gasteiger partial charge on any atom is -0.381 e. The van der Waals surface area contributed by atoms with Crippen LogP contribution in [0.1, 0.15) is 16.7 Å². The SMILES string of the molecule is Cc1cccc(NCc2cccc(F)c2)c1C. The van der Waals surface area contributed by atoms with Gasteiger partial charge in [-0.3, -0.25) is 0 Å². The summed E-state index contributed by atoms with van der Waals surface area (Å²) in [5.41, 5.74) is 4.55. The average Bonchev–Trinajstić information content (AvgIpc) is 2.31. The maximum absolute atomic E-state index is 13.0. The van der Waals surface area contributed by atoms with Crippen molar-refractivity contribution in [3.05, 3.63) is 65.0 Å². The maximum atomic E-state index is 13.0. The van der Waals surface area contributed by atoms with Crippen molar-refractivity contribution in [2.75, 3.05) is 5.32 Å². The van der Waals surface area contributed by atoms with Gasteiger partial charge in [0.15, 0.2) is 0 Å². The number of aryl methyl sites for hydroxylation is 1. The van der Waals surface area contributed by atoms with Crippen molar-refractivity contribution in [2.24, 2.45) is 0 Å². The lowest BCUT2D eigenvalue weighted by Crippen LogP contribution is -2.01. The van der Waals surface area contributed by atoms with Gasteiger partial charge in [-0.25, -0.2) is 4.39 Å². The molecular weight excluding hydrogens is 213 g/mol. The fraction of sp³-hybridized carbons (Fsp3) is 0.200. The Morgan fingerprint density at radius 3 is 2.59 bits per heavy atom. The number of hydrogen-bond donors (Lipinski definition) is 1. The Morgan fingerprint density at radius 2 is 1.82 bits per heavy atom. The average molecular weight is 229 g/mol. The van der Waals surface area contributed by atoms with Gasteiger partial charge in [0, 0.05) is 12.2 Å². The van der Waals surface area contributed by atoms with Crippen molar-refractivity contribution in [3.63, 3.8) is 0 Å². The molecule has 1 nitrogen and oxygen atoms in total.